The Balaban J connectivity index is 1.87. The molecule has 0 radical (unpaired) electrons. The van der Waals surface area contributed by atoms with Gasteiger partial charge < -0.3 is 4.90 Å². The largest absolute Gasteiger partial charge is 0.318 e. The molecular formula is C20H18N2O3. The Morgan fingerprint density at radius 3 is 2.40 bits per heavy atom. The fourth-order valence-electron chi connectivity index (χ4n) is 3.86. The minimum atomic E-state index is -0.634. The second kappa shape index (κ2) is 5.84. The van der Waals surface area contributed by atoms with Gasteiger partial charge in [-0.25, -0.2) is 0 Å². The molecule has 126 valence electrons. The first-order valence-corrected chi connectivity index (χ1v) is 8.34. The summed E-state index contributed by atoms with van der Waals surface area (Å²) in [6, 6.07) is 16.7. The standard InChI is InChI=1S/C20H18N2O3/c1-13(23)21-12-18(24)22-17(20(21)25)11-15-9-5-6-10-16(15)19(22)14-7-3-2-4-8-14/h2-10,17,19H,11-12H2,1H3/t17-,19+/m0/s1. The Hall–Kier alpha value is -2.95. The van der Waals surface area contributed by atoms with Crippen LogP contribution in [0.25, 0.3) is 0 Å². The highest BCUT2D eigenvalue weighted by Crippen LogP contribution is 2.39. The molecule has 2 aromatic rings. The molecule has 0 unspecified atom stereocenters. The topological polar surface area (TPSA) is 57.7 Å². The molecule has 1 fully saturated rings. The molecule has 0 aliphatic carbocycles. The monoisotopic (exact) mass is 334 g/mol. The maximum Gasteiger partial charge on any atom is 0.252 e. The summed E-state index contributed by atoms with van der Waals surface area (Å²) in [6.45, 7) is 1.14. The first kappa shape index (κ1) is 15.6. The third-order valence-corrected chi connectivity index (χ3v) is 5.00. The van der Waals surface area contributed by atoms with Crippen LogP contribution < -0.4 is 0 Å². The van der Waals surface area contributed by atoms with Crippen molar-refractivity contribution in [2.75, 3.05) is 6.54 Å². The summed E-state index contributed by atoms with van der Waals surface area (Å²) in [5.41, 5.74) is 3.06. The average molecular weight is 334 g/mol. The molecular weight excluding hydrogens is 316 g/mol. The highest BCUT2D eigenvalue weighted by molar-refractivity contribution is 6.05. The smallest absolute Gasteiger partial charge is 0.252 e. The normalized spacial score (nSPS) is 22.4. The number of imide groups is 1. The van der Waals surface area contributed by atoms with Crippen molar-refractivity contribution in [1.29, 1.82) is 0 Å². The molecule has 0 spiro atoms. The molecule has 5 nitrogen and oxygen atoms in total. The predicted molar refractivity (Wildman–Crippen MR) is 91.5 cm³/mol. The van der Waals surface area contributed by atoms with Gasteiger partial charge in [0, 0.05) is 13.3 Å². The van der Waals surface area contributed by atoms with Crippen LogP contribution in [0.1, 0.15) is 29.7 Å². The van der Waals surface area contributed by atoms with Crippen LogP contribution in [0.2, 0.25) is 0 Å². The zero-order valence-corrected chi connectivity index (χ0v) is 13.9. The van der Waals surface area contributed by atoms with E-state index < -0.39 is 6.04 Å². The number of piperazine rings is 1. The second-order valence-electron chi connectivity index (χ2n) is 6.48. The maximum atomic E-state index is 12.9. The van der Waals surface area contributed by atoms with Crippen LogP contribution in [0.15, 0.2) is 54.6 Å². The number of hydrogen-bond acceptors (Lipinski definition) is 3. The minimum absolute atomic E-state index is 0.184. The fourth-order valence-corrected chi connectivity index (χ4v) is 3.86. The van der Waals surface area contributed by atoms with Crippen LogP contribution in [0.5, 0.6) is 0 Å². The van der Waals surface area contributed by atoms with Crippen LogP contribution >= 0.6 is 0 Å². The van der Waals surface area contributed by atoms with Gasteiger partial charge in [0.05, 0.1) is 6.04 Å². The van der Waals surface area contributed by atoms with Gasteiger partial charge >= 0.3 is 0 Å². The molecule has 0 saturated carbocycles. The van der Waals surface area contributed by atoms with Gasteiger partial charge in [0.15, 0.2) is 0 Å². The van der Waals surface area contributed by atoms with Crippen LogP contribution in [0, 0.1) is 0 Å². The van der Waals surface area contributed by atoms with Crippen LogP contribution in [-0.4, -0.2) is 40.1 Å². The molecule has 0 N–H and O–H groups in total. The molecule has 2 aliphatic heterocycles. The van der Waals surface area contributed by atoms with E-state index in [1.54, 1.807) is 4.90 Å². The van der Waals surface area contributed by atoms with E-state index in [-0.39, 0.29) is 30.3 Å². The first-order valence-electron chi connectivity index (χ1n) is 8.34. The van der Waals surface area contributed by atoms with E-state index in [0.717, 1.165) is 21.6 Å². The number of carbonyl (C=O) groups excluding carboxylic acids is 3. The molecule has 1 saturated heterocycles. The number of rotatable bonds is 1. The second-order valence-corrected chi connectivity index (χ2v) is 6.48. The lowest BCUT2D eigenvalue weighted by Crippen LogP contribution is -2.63. The number of fused-ring (bicyclic) bond motifs is 2. The Kier molecular flexibility index (Phi) is 3.64. The Labute approximate surface area is 145 Å². The molecule has 5 heteroatoms. The van der Waals surface area contributed by atoms with Gasteiger partial charge in [-0.3, -0.25) is 19.3 Å². The summed E-state index contributed by atoms with van der Waals surface area (Å²) >= 11 is 0. The number of amides is 3. The zero-order chi connectivity index (χ0) is 17.6. The third kappa shape index (κ3) is 2.43. The SMILES string of the molecule is CC(=O)N1CC(=O)N2[C@H](c3ccccc3)c3ccccc3C[C@H]2C1=O. The molecule has 4 rings (SSSR count). The highest BCUT2D eigenvalue weighted by atomic mass is 16.2. The van der Waals surface area contributed by atoms with Crippen molar-refractivity contribution in [3.8, 4) is 0 Å². The predicted octanol–water partition coefficient (Wildman–Crippen LogP) is 1.92. The summed E-state index contributed by atoms with van der Waals surface area (Å²) in [5, 5.41) is 0. The Bertz CT molecular complexity index is 862. The third-order valence-electron chi connectivity index (χ3n) is 5.00. The van der Waals surface area contributed by atoms with E-state index in [1.807, 2.05) is 54.6 Å². The van der Waals surface area contributed by atoms with Crippen LogP contribution in [0.3, 0.4) is 0 Å². The number of carbonyl (C=O) groups is 3. The van der Waals surface area contributed by atoms with E-state index in [9.17, 15) is 14.4 Å². The lowest BCUT2D eigenvalue weighted by atomic mass is 9.83. The van der Waals surface area contributed by atoms with Crippen LogP contribution in [0.4, 0.5) is 0 Å². The molecule has 2 aromatic carbocycles. The molecule has 2 atom stereocenters. The van der Waals surface area contributed by atoms with Crippen molar-refractivity contribution < 1.29 is 14.4 Å². The van der Waals surface area contributed by atoms with Crippen LogP contribution in [-0.2, 0) is 20.8 Å². The lowest BCUT2D eigenvalue weighted by Gasteiger charge is -2.47. The summed E-state index contributed by atoms with van der Waals surface area (Å²) < 4.78 is 0. The van der Waals surface area contributed by atoms with Gasteiger partial charge in [0.25, 0.3) is 5.91 Å². The first-order chi connectivity index (χ1) is 12.1. The molecule has 2 aliphatic rings. The zero-order valence-electron chi connectivity index (χ0n) is 13.9. The van der Waals surface area contributed by atoms with Crippen molar-refractivity contribution in [3.05, 3.63) is 71.3 Å². The molecule has 0 aromatic heterocycles. The van der Waals surface area contributed by atoms with Gasteiger partial charge in [-0.1, -0.05) is 54.6 Å². The summed E-state index contributed by atoms with van der Waals surface area (Å²) in [4.78, 5) is 40.2. The van der Waals surface area contributed by atoms with Gasteiger partial charge in [0.1, 0.15) is 12.6 Å². The summed E-state index contributed by atoms with van der Waals surface area (Å²) in [6.07, 6.45) is 0.438. The number of nitrogens with zero attached hydrogens (tertiary/aromatic N) is 2. The molecule has 2 heterocycles. The van der Waals surface area contributed by atoms with Crippen molar-refractivity contribution in [1.82, 2.24) is 9.80 Å². The fraction of sp³-hybridized carbons (Fsp3) is 0.250. The summed E-state index contributed by atoms with van der Waals surface area (Å²) in [5.74, 6) is -0.862. The molecule has 3 amide bonds. The average Bonchev–Trinajstić information content (AvgIpc) is 2.63. The van der Waals surface area contributed by atoms with Crippen molar-refractivity contribution in [2.45, 2.75) is 25.4 Å². The van der Waals surface area contributed by atoms with Gasteiger partial charge in [0.2, 0.25) is 11.8 Å². The van der Waals surface area contributed by atoms with Crippen molar-refractivity contribution in [2.24, 2.45) is 0 Å². The minimum Gasteiger partial charge on any atom is -0.318 e. The Morgan fingerprint density at radius 2 is 1.68 bits per heavy atom. The van der Waals surface area contributed by atoms with E-state index in [0.29, 0.717) is 6.42 Å². The van der Waals surface area contributed by atoms with E-state index in [1.165, 1.54) is 6.92 Å². The summed E-state index contributed by atoms with van der Waals surface area (Å²) in [7, 11) is 0. The van der Waals surface area contributed by atoms with Crippen molar-refractivity contribution >= 4 is 17.7 Å². The maximum absolute atomic E-state index is 12.9. The highest BCUT2D eigenvalue weighted by Gasteiger charge is 2.47. The van der Waals surface area contributed by atoms with E-state index >= 15 is 0 Å². The van der Waals surface area contributed by atoms with E-state index in [4.69, 9.17) is 0 Å². The van der Waals surface area contributed by atoms with Gasteiger partial charge in [-0.05, 0) is 16.7 Å². The quantitative estimate of drug-likeness (QED) is 0.800. The van der Waals surface area contributed by atoms with E-state index in [2.05, 4.69) is 0 Å². The van der Waals surface area contributed by atoms with Gasteiger partial charge in [-0.15, -0.1) is 0 Å². The lowest BCUT2D eigenvalue weighted by molar-refractivity contribution is -0.163. The van der Waals surface area contributed by atoms with Crippen molar-refractivity contribution in [3.63, 3.8) is 0 Å². The molecule has 0 bridgehead atoms. The number of benzene rings is 2. The van der Waals surface area contributed by atoms with Gasteiger partial charge in [-0.2, -0.15) is 0 Å². The number of hydrogen-bond donors (Lipinski definition) is 0. The molecule has 25 heavy (non-hydrogen) atoms. The Morgan fingerprint density at radius 1 is 1.00 bits per heavy atom.